The molecule has 0 aromatic carbocycles. The molecule has 3 rings (SSSR count). The van der Waals surface area contributed by atoms with Gasteiger partial charge in [0.2, 0.25) is 5.91 Å². The summed E-state index contributed by atoms with van der Waals surface area (Å²) in [5.74, 6) is -0.0121. The molecular formula is C20H27N3O2S2. The van der Waals surface area contributed by atoms with E-state index in [0.29, 0.717) is 18.0 Å². The van der Waals surface area contributed by atoms with E-state index in [0.717, 1.165) is 42.1 Å². The van der Waals surface area contributed by atoms with Gasteiger partial charge >= 0.3 is 0 Å². The average molecular weight is 406 g/mol. The number of hydrogen-bond donors (Lipinski definition) is 1. The van der Waals surface area contributed by atoms with E-state index in [4.69, 9.17) is 0 Å². The zero-order valence-electron chi connectivity index (χ0n) is 15.8. The Balaban J connectivity index is 1.53. The highest BCUT2D eigenvalue weighted by atomic mass is 32.1. The minimum absolute atomic E-state index is 0.00393. The first kappa shape index (κ1) is 20.0. The second-order valence-corrected chi connectivity index (χ2v) is 8.93. The van der Waals surface area contributed by atoms with Crippen molar-refractivity contribution < 1.29 is 9.59 Å². The summed E-state index contributed by atoms with van der Waals surface area (Å²) in [7, 11) is 0. The molecule has 0 aliphatic carbocycles. The van der Waals surface area contributed by atoms with Crippen molar-refractivity contribution in [3.8, 4) is 9.88 Å². The van der Waals surface area contributed by atoms with E-state index in [1.807, 2.05) is 22.4 Å². The number of aromatic nitrogens is 1. The maximum Gasteiger partial charge on any atom is 0.265 e. The van der Waals surface area contributed by atoms with E-state index in [9.17, 15) is 9.59 Å². The van der Waals surface area contributed by atoms with Crippen molar-refractivity contribution >= 4 is 34.5 Å². The van der Waals surface area contributed by atoms with Crippen LogP contribution in [0.4, 0.5) is 0 Å². The fraction of sp³-hybridized carbons (Fsp3) is 0.550. The number of rotatable bonds is 8. The summed E-state index contributed by atoms with van der Waals surface area (Å²) in [6, 6.07) is 4.00. The molecule has 1 N–H and O–H groups in total. The predicted molar refractivity (Wildman–Crippen MR) is 111 cm³/mol. The van der Waals surface area contributed by atoms with E-state index >= 15 is 0 Å². The molecule has 146 valence electrons. The lowest BCUT2D eigenvalue weighted by molar-refractivity contribution is -0.126. The van der Waals surface area contributed by atoms with Crippen LogP contribution < -0.4 is 5.32 Å². The van der Waals surface area contributed by atoms with E-state index in [-0.39, 0.29) is 17.7 Å². The Bertz CT molecular complexity index is 742. The lowest BCUT2D eigenvalue weighted by Gasteiger charge is -2.31. The summed E-state index contributed by atoms with van der Waals surface area (Å²) >= 11 is 3.05. The lowest BCUT2D eigenvalue weighted by Crippen LogP contribution is -2.45. The van der Waals surface area contributed by atoms with Crippen LogP contribution in [0.25, 0.3) is 9.88 Å². The Kier molecular flexibility index (Phi) is 7.41. The van der Waals surface area contributed by atoms with Gasteiger partial charge in [-0.3, -0.25) is 9.59 Å². The Labute approximate surface area is 168 Å². The van der Waals surface area contributed by atoms with Gasteiger partial charge in [-0.15, -0.1) is 22.7 Å². The molecule has 1 saturated heterocycles. The van der Waals surface area contributed by atoms with Crippen LogP contribution >= 0.6 is 22.7 Å². The lowest BCUT2D eigenvalue weighted by atomic mass is 9.97. The van der Waals surface area contributed by atoms with Crippen molar-refractivity contribution in [3.63, 3.8) is 0 Å². The van der Waals surface area contributed by atoms with E-state index in [2.05, 4.69) is 17.2 Å². The number of piperidine rings is 1. The number of thiazole rings is 1. The Morgan fingerprint density at radius 2 is 2.22 bits per heavy atom. The first-order valence-corrected chi connectivity index (χ1v) is 11.5. The second kappa shape index (κ2) is 9.99. The van der Waals surface area contributed by atoms with Gasteiger partial charge in [0, 0.05) is 19.6 Å². The van der Waals surface area contributed by atoms with Crippen LogP contribution in [-0.4, -0.2) is 41.3 Å². The maximum atomic E-state index is 12.9. The number of amides is 2. The molecule has 3 heterocycles. The van der Waals surface area contributed by atoms with Crippen molar-refractivity contribution in [2.24, 2.45) is 5.92 Å². The van der Waals surface area contributed by atoms with Gasteiger partial charge in [0.1, 0.15) is 9.88 Å². The standard InChI is InChI=1S/C20H27N3O2S2/c1-2-3-4-5-10-21-18(24)15-8-6-11-23(14-15)20(25)17-13-22-19(27-17)16-9-7-12-26-16/h7,9,12-13,15H,2-6,8,10-11,14H2,1H3,(H,21,24). The van der Waals surface area contributed by atoms with Gasteiger partial charge in [0.15, 0.2) is 0 Å². The second-order valence-electron chi connectivity index (χ2n) is 6.95. The molecule has 5 nitrogen and oxygen atoms in total. The highest BCUT2D eigenvalue weighted by Crippen LogP contribution is 2.30. The van der Waals surface area contributed by atoms with Gasteiger partial charge in [0.25, 0.3) is 5.91 Å². The molecule has 2 aromatic heterocycles. The maximum absolute atomic E-state index is 12.9. The molecule has 7 heteroatoms. The molecule has 1 fully saturated rings. The molecule has 2 aromatic rings. The van der Waals surface area contributed by atoms with Crippen molar-refractivity contribution in [1.29, 1.82) is 0 Å². The van der Waals surface area contributed by atoms with Crippen LogP contribution in [0.5, 0.6) is 0 Å². The number of thiophene rings is 1. The molecule has 1 aliphatic rings. The number of carbonyl (C=O) groups is 2. The monoisotopic (exact) mass is 405 g/mol. The van der Waals surface area contributed by atoms with Crippen LogP contribution in [0.1, 0.15) is 55.1 Å². The topological polar surface area (TPSA) is 62.3 Å². The summed E-state index contributed by atoms with van der Waals surface area (Å²) in [4.78, 5) is 33.2. The van der Waals surface area contributed by atoms with Crippen molar-refractivity contribution in [2.75, 3.05) is 19.6 Å². The van der Waals surface area contributed by atoms with Crippen LogP contribution in [0.15, 0.2) is 23.7 Å². The molecular weight excluding hydrogens is 378 g/mol. The van der Waals surface area contributed by atoms with Crippen molar-refractivity contribution in [1.82, 2.24) is 15.2 Å². The summed E-state index contributed by atoms with van der Waals surface area (Å²) in [6.45, 7) is 4.14. The van der Waals surface area contributed by atoms with Crippen LogP contribution in [0.2, 0.25) is 0 Å². The molecule has 1 aliphatic heterocycles. The summed E-state index contributed by atoms with van der Waals surface area (Å²) in [5, 5.41) is 5.94. The number of unbranched alkanes of at least 4 members (excludes halogenated alkanes) is 3. The Morgan fingerprint density at radius 3 is 3.00 bits per heavy atom. The van der Waals surface area contributed by atoms with Crippen LogP contribution in [-0.2, 0) is 4.79 Å². The first-order valence-electron chi connectivity index (χ1n) is 9.75. The third kappa shape index (κ3) is 5.39. The normalized spacial score (nSPS) is 17.1. The SMILES string of the molecule is CCCCCCNC(=O)C1CCCN(C(=O)c2cnc(-c3cccs3)s2)C1. The number of hydrogen-bond acceptors (Lipinski definition) is 5. The Morgan fingerprint density at radius 1 is 1.33 bits per heavy atom. The fourth-order valence-electron chi connectivity index (χ4n) is 3.33. The molecule has 1 unspecified atom stereocenters. The van der Waals surface area contributed by atoms with Gasteiger partial charge in [-0.1, -0.05) is 32.3 Å². The van der Waals surface area contributed by atoms with Gasteiger partial charge in [-0.2, -0.15) is 0 Å². The third-order valence-corrected chi connectivity index (χ3v) is 6.88. The number of nitrogens with zero attached hydrogens (tertiary/aromatic N) is 2. The van der Waals surface area contributed by atoms with E-state index in [1.165, 1.54) is 24.2 Å². The van der Waals surface area contributed by atoms with Gasteiger partial charge in [-0.05, 0) is 30.7 Å². The quantitative estimate of drug-likeness (QED) is 0.661. The molecule has 0 spiro atoms. The summed E-state index contributed by atoms with van der Waals surface area (Å²) in [5.41, 5.74) is 0. The molecule has 27 heavy (non-hydrogen) atoms. The minimum Gasteiger partial charge on any atom is -0.356 e. The van der Waals surface area contributed by atoms with Gasteiger partial charge in [0.05, 0.1) is 17.0 Å². The van der Waals surface area contributed by atoms with Crippen molar-refractivity contribution in [2.45, 2.75) is 45.4 Å². The van der Waals surface area contributed by atoms with Crippen LogP contribution in [0.3, 0.4) is 0 Å². The number of carbonyl (C=O) groups excluding carboxylic acids is 2. The number of likely N-dealkylation sites (tertiary alicyclic amines) is 1. The fourth-order valence-corrected chi connectivity index (χ4v) is 5.01. The molecule has 0 saturated carbocycles. The van der Waals surface area contributed by atoms with E-state index in [1.54, 1.807) is 17.5 Å². The summed E-state index contributed by atoms with van der Waals surface area (Å²) in [6.07, 6.45) is 7.98. The molecule has 2 amide bonds. The zero-order chi connectivity index (χ0) is 19.1. The van der Waals surface area contributed by atoms with E-state index < -0.39 is 0 Å². The average Bonchev–Trinajstić information content (AvgIpc) is 3.38. The van der Waals surface area contributed by atoms with Crippen molar-refractivity contribution in [3.05, 3.63) is 28.6 Å². The number of nitrogens with one attached hydrogen (secondary N) is 1. The zero-order valence-corrected chi connectivity index (χ0v) is 17.4. The predicted octanol–water partition coefficient (Wildman–Crippen LogP) is 4.42. The molecule has 1 atom stereocenters. The van der Waals surface area contributed by atoms with Gasteiger partial charge in [-0.25, -0.2) is 4.98 Å². The van der Waals surface area contributed by atoms with Crippen LogP contribution in [0, 0.1) is 5.92 Å². The minimum atomic E-state index is -0.0986. The smallest absolute Gasteiger partial charge is 0.265 e. The highest BCUT2D eigenvalue weighted by Gasteiger charge is 2.29. The highest BCUT2D eigenvalue weighted by molar-refractivity contribution is 7.21. The third-order valence-electron chi connectivity index (χ3n) is 4.86. The largest absolute Gasteiger partial charge is 0.356 e. The summed E-state index contributed by atoms with van der Waals surface area (Å²) < 4.78 is 0. The first-order chi connectivity index (χ1) is 13.2. The Hall–Kier alpha value is -1.73. The molecule has 0 bridgehead atoms. The molecule has 0 radical (unpaired) electrons. The van der Waals surface area contributed by atoms with Gasteiger partial charge < -0.3 is 10.2 Å².